The highest BCUT2D eigenvalue weighted by Gasteiger charge is 2.56. The van der Waals surface area contributed by atoms with Crippen LogP contribution >= 0.6 is 11.8 Å². The molecule has 26 heavy (non-hydrogen) atoms. The first-order valence-electron chi connectivity index (χ1n) is 8.56. The van der Waals surface area contributed by atoms with Gasteiger partial charge >= 0.3 is 12.1 Å². The summed E-state index contributed by atoms with van der Waals surface area (Å²) in [5.41, 5.74) is 0. The number of halogens is 3. The normalized spacial score (nSPS) is 25.4. The van der Waals surface area contributed by atoms with Crippen molar-refractivity contribution in [2.75, 3.05) is 13.1 Å². The van der Waals surface area contributed by atoms with Crippen LogP contribution in [-0.2, 0) is 9.59 Å². The van der Waals surface area contributed by atoms with Crippen LogP contribution in [0, 0.1) is 11.8 Å². The van der Waals surface area contributed by atoms with Crippen LogP contribution in [0.4, 0.5) is 13.2 Å². The minimum absolute atomic E-state index is 0.359. The Morgan fingerprint density at radius 2 is 1.73 bits per heavy atom. The molecule has 1 aliphatic carbocycles. The van der Waals surface area contributed by atoms with Gasteiger partial charge in [0.2, 0.25) is 5.91 Å². The minimum atomic E-state index is -4.63. The lowest BCUT2D eigenvalue weighted by molar-refractivity contribution is -0.188. The highest BCUT2D eigenvalue weighted by atomic mass is 32.2. The lowest BCUT2D eigenvalue weighted by Gasteiger charge is -2.32. The van der Waals surface area contributed by atoms with E-state index in [0.717, 1.165) is 22.6 Å². The lowest BCUT2D eigenvalue weighted by Crippen LogP contribution is -2.45. The van der Waals surface area contributed by atoms with E-state index in [9.17, 15) is 22.8 Å². The zero-order chi connectivity index (χ0) is 18.9. The quantitative estimate of drug-likeness (QED) is 0.854. The van der Waals surface area contributed by atoms with Crippen LogP contribution in [0.2, 0.25) is 0 Å². The molecule has 1 saturated carbocycles. The van der Waals surface area contributed by atoms with Crippen molar-refractivity contribution in [3.8, 4) is 0 Å². The van der Waals surface area contributed by atoms with Gasteiger partial charge in [-0.3, -0.25) is 9.59 Å². The molecule has 142 valence electrons. The van der Waals surface area contributed by atoms with Crippen LogP contribution in [0.5, 0.6) is 0 Å². The highest BCUT2D eigenvalue weighted by molar-refractivity contribution is 8.01. The second kappa shape index (κ2) is 7.13. The number of thioether (sulfide) groups is 1. The molecular weight excluding hydrogens is 367 g/mol. The molecule has 2 aliphatic rings. The number of aliphatic carboxylic acids is 1. The van der Waals surface area contributed by atoms with Crippen molar-refractivity contribution >= 4 is 23.6 Å². The number of likely N-dealkylation sites (tertiary alicyclic amines) is 1. The predicted octanol–water partition coefficient (Wildman–Crippen LogP) is 3.81. The molecule has 2 fully saturated rings. The summed E-state index contributed by atoms with van der Waals surface area (Å²) in [6.07, 6.45) is -1.77. The van der Waals surface area contributed by atoms with Crippen molar-refractivity contribution in [2.24, 2.45) is 11.8 Å². The van der Waals surface area contributed by atoms with Gasteiger partial charge in [0.15, 0.2) is 0 Å². The van der Waals surface area contributed by atoms with E-state index in [1.54, 1.807) is 0 Å². The summed E-state index contributed by atoms with van der Waals surface area (Å²) in [5, 5.41) is 9.17. The van der Waals surface area contributed by atoms with Crippen molar-refractivity contribution in [3.63, 3.8) is 0 Å². The average Bonchev–Trinajstić information content (AvgIpc) is 3.22. The number of carbonyl (C=O) groups is 2. The van der Waals surface area contributed by atoms with Crippen molar-refractivity contribution in [2.45, 2.75) is 41.5 Å². The zero-order valence-corrected chi connectivity index (χ0v) is 14.9. The molecule has 0 spiro atoms. The van der Waals surface area contributed by atoms with Crippen LogP contribution < -0.4 is 0 Å². The van der Waals surface area contributed by atoms with E-state index >= 15 is 0 Å². The summed E-state index contributed by atoms with van der Waals surface area (Å²) in [5.74, 6) is -5.47. The van der Waals surface area contributed by atoms with Crippen LogP contribution in [0.3, 0.4) is 0 Å². The molecule has 0 unspecified atom stereocenters. The summed E-state index contributed by atoms with van der Waals surface area (Å²) >= 11 is 1.39. The Labute approximate surface area is 153 Å². The number of hydrogen-bond donors (Lipinski definition) is 1. The zero-order valence-electron chi connectivity index (χ0n) is 14.0. The van der Waals surface area contributed by atoms with E-state index in [1.807, 2.05) is 30.3 Å². The third-order valence-electron chi connectivity index (χ3n) is 5.20. The Hall–Kier alpha value is -1.70. The first kappa shape index (κ1) is 19.1. The molecule has 1 aliphatic heterocycles. The molecule has 2 atom stereocenters. The topological polar surface area (TPSA) is 57.6 Å². The van der Waals surface area contributed by atoms with Gasteiger partial charge in [-0.15, -0.1) is 11.8 Å². The smallest absolute Gasteiger partial charge is 0.394 e. The van der Waals surface area contributed by atoms with Gasteiger partial charge in [0.1, 0.15) is 0 Å². The number of carboxylic acids is 1. The Morgan fingerprint density at radius 3 is 2.23 bits per heavy atom. The second-order valence-electron chi connectivity index (χ2n) is 6.92. The molecule has 0 aromatic heterocycles. The number of hydrogen-bond acceptors (Lipinski definition) is 3. The molecular formula is C18H20F3NO3S. The van der Waals surface area contributed by atoms with Crippen molar-refractivity contribution in [3.05, 3.63) is 30.3 Å². The molecule has 1 heterocycles. The van der Waals surface area contributed by atoms with E-state index in [4.69, 9.17) is 5.11 Å². The number of rotatable bonds is 4. The molecule has 1 N–H and O–H groups in total. The monoisotopic (exact) mass is 387 g/mol. The Morgan fingerprint density at radius 1 is 1.12 bits per heavy atom. The Balaban J connectivity index is 1.83. The molecule has 3 rings (SSSR count). The standard InChI is InChI=1S/C18H20F3NO3S/c19-18(20,21)14-11-22(10-13(14)15(23)24)16(25)17(8-4-5-9-17)26-12-6-2-1-3-7-12/h1-3,6-7,13-14H,4-5,8-11H2,(H,23,24)/t13-,14-/m1/s1. The summed E-state index contributed by atoms with van der Waals surface area (Å²) in [7, 11) is 0. The Kier molecular flexibility index (Phi) is 5.23. The third kappa shape index (κ3) is 3.70. The fourth-order valence-corrected chi connectivity index (χ4v) is 5.31. The number of nitrogens with zero attached hydrogens (tertiary/aromatic N) is 1. The van der Waals surface area contributed by atoms with Crippen LogP contribution in [0.15, 0.2) is 35.2 Å². The van der Waals surface area contributed by atoms with E-state index in [-0.39, 0.29) is 12.5 Å². The fourth-order valence-electron chi connectivity index (χ4n) is 3.86. The molecule has 1 aromatic rings. The van der Waals surface area contributed by atoms with Crippen LogP contribution in [0.25, 0.3) is 0 Å². The van der Waals surface area contributed by atoms with E-state index in [1.165, 1.54) is 11.8 Å². The van der Waals surface area contributed by atoms with Gasteiger partial charge in [-0.25, -0.2) is 0 Å². The molecule has 8 heteroatoms. The highest BCUT2D eigenvalue weighted by Crippen LogP contribution is 2.48. The summed E-state index contributed by atoms with van der Waals surface area (Å²) in [4.78, 5) is 26.5. The maximum absolute atomic E-state index is 13.2. The minimum Gasteiger partial charge on any atom is -0.481 e. The van der Waals surface area contributed by atoms with Gasteiger partial charge in [-0.1, -0.05) is 31.0 Å². The van der Waals surface area contributed by atoms with Gasteiger partial charge in [0.05, 0.1) is 16.6 Å². The largest absolute Gasteiger partial charge is 0.481 e. The van der Waals surface area contributed by atoms with Gasteiger partial charge in [0.25, 0.3) is 0 Å². The molecule has 0 radical (unpaired) electrons. The average molecular weight is 387 g/mol. The van der Waals surface area contributed by atoms with Gasteiger partial charge in [-0.2, -0.15) is 13.2 Å². The van der Waals surface area contributed by atoms with E-state index in [2.05, 4.69) is 0 Å². The predicted molar refractivity (Wildman–Crippen MR) is 90.7 cm³/mol. The van der Waals surface area contributed by atoms with Crippen molar-refractivity contribution in [1.29, 1.82) is 0 Å². The summed E-state index contributed by atoms with van der Waals surface area (Å²) in [6.45, 7) is -0.953. The molecule has 4 nitrogen and oxygen atoms in total. The maximum atomic E-state index is 13.2. The number of benzene rings is 1. The maximum Gasteiger partial charge on any atom is 0.394 e. The first-order valence-corrected chi connectivity index (χ1v) is 9.37. The number of carboxylic acid groups (broad SMARTS) is 1. The van der Waals surface area contributed by atoms with E-state index < -0.39 is 35.3 Å². The van der Waals surface area contributed by atoms with Crippen molar-refractivity contribution < 1.29 is 27.9 Å². The first-order chi connectivity index (χ1) is 12.2. The fraction of sp³-hybridized carbons (Fsp3) is 0.556. The summed E-state index contributed by atoms with van der Waals surface area (Å²) in [6, 6.07) is 9.32. The van der Waals surface area contributed by atoms with Gasteiger partial charge in [0, 0.05) is 18.0 Å². The molecule has 0 bridgehead atoms. The van der Waals surface area contributed by atoms with Crippen LogP contribution in [0.1, 0.15) is 25.7 Å². The molecule has 1 aromatic carbocycles. The van der Waals surface area contributed by atoms with Crippen LogP contribution in [-0.4, -0.2) is 45.9 Å². The second-order valence-corrected chi connectivity index (χ2v) is 8.38. The molecule has 1 amide bonds. The van der Waals surface area contributed by atoms with Gasteiger partial charge in [-0.05, 0) is 25.0 Å². The number of carbonyl (C=O) groups excluding carboxylic acids is 1. The third-order valence-corrected chi connectivity index (χ3v) is 6.68. The van der Waals surface area contributed by atoms with E-state index in [0.29, 0.717) is 12.8 Å². The number of alkyl halides is 3. The molecule has 1 saturated heterocycles. The SMILES string of the molecule is O=C(O)[C@@H]1CN(C(=O)C2(Sc3ccccc3)CCCC2)C[C@H]1C(F)(F)F. The number of amides is 1. The van der Waals surface area contributed by atoms with Gasteiger partial charge < -0.3 is 10.0 Å². The Bertz CT molecular complexity index is 674. The van der Waals surface area contributed by atoms with Crippen molar-refractivity contribution in [1.82, 2.24) is 4.90 Å². The summed E-state index contributed by atoms with van der Waals surface area (Å²) < 4.78 is 38.9. The lowest BCUT2D eigenvalue weighted by atomic mass is 9.96.